The number of aliphatic hydroxyl groups is 1. The van der Waals surface area contributed by atoms with Gasteiger partial charge >= 0.3 is 0 Å². The standard InChI is InChI=1S/C12H23N3O/c1-4-11(5-2)15-7-6-10(14-15)8-12(16)9-13-3/h6-7,11-13,16H,4-5,8-9H2,1-3H3. The van der Waals surface area contributed by atoms with E-state index in [-0.39, 0.29) is 6.10 Å². The summed E-state index contributed by atoms with van der Waals surface area (Å²) in [5.41, 5.74) is 0.967. The lowest BCUT2D eigenvalue weighted by molar-refractivity contribution is 0.173. The van der Waals surface area contributed by atoms with E-state index in [1.54, 1.807) is 0 Å². The van der Waals surface area contributed by atoms with Crippen molar-refractivity contribution in [3.05, 3.63) is 18.0 Å². The molecule has 0 spiro atoms. The first-order valence-electron chi connectivity index (χ1n) is 6.07. The molecule has 0 aliphatic carbocycles. The molecule has 0 aliphatic heterocycles. The molecule has 0 aliphatic rings. The van der Waals surface area contributed by atoms with Gasteiger partial charge in [0, 0.05) is 19.2 Å². The highest BCUT2D eigenvalue weighted by atomic mass is 16.3. The van der Waals surface area contributed by atoms with E-state index in [2.05, 4.69) is 24.3 Å². The van der Waals surface area contributed by atoms with Crippen molar-refractivity contribution in [1.29, 1.82) is 0 Å². The molecule has 0 amide bonds. The fourth-order valence-corrected chi connectivity index (χ4v) is 1.90. The van der Waals surface area contributed by atoms with Crippen molar-refractivity contribution in [2.75, 3.05) is 13.6 Å². The third-order valence-corrected chi connectivity index (χ3v) is 2.86. The summed E-state index contributed by atoms with van der Waals surface area (Å²) in [7, 11) is 1.84. The Bertz CT molecular complexity index is 294. The van der Waals surface area contributed by atoms with Crippen molar-refractivity contribution in [3.8, 4) is 0 Å². The maximum Gasteiger partial charge on any atom is 0.0720 e. The quantitative estimate of drug-likeness (QED) is 0.737. The Hall–Kier alpha value is -0.870. The summed E-state index contributed by atoms with van der Waals surface area (Å²) in [5.74, 6) is 0. The van der Waals surface area contributed by atoms with Gasteiger partial charge in [-0.1, -0.05) is 13.8 Å². The minimum Gasteiger partial charge on any atom is -0.391 e. The predicted molar refractivity (Wildman–Crippen MR) is 65.5 cm³/mol. The second kappa shape index (κ2) is 6.66. The van der Waals surface area contributed by atoms with Gasteiger partial charge in [0.25, 0.3) is 0 Å². The SMILES string of the molecule is CCC(CC)n1ccc(CC(O)CNC)n1. The molecule has 1 rings (SSSR count). The number of hydrogen-bond donors (Lipinski definition) is 2. The normalized spacial score (nSPS) is 13.3. The van der Waals surface area contributed by atoms with Crippen LogP contribution >= 0.6 is 0 Å². The molecule has 1 atom stereocenters. The van der Waals surface area contributed by atoms with Gasteiger partial charge < -0.3 is 10.4 Å². The Morgan fingerprint density at radius 2 is 2.12 bits per heavy atom. The van der Waals surface area contributed by atoms with Gasteiger partial charge in [-0.3, -0.25) is 4.68 Å². The van der Waals surface area contributed by atoms with Crippen LogP contribution in [0.3, 0.4) is 0 Å². The summed E-state index contributed by atoms with van der Waals surface area (Å²) in [6.07, 6.45) is 4.47. The van der Waals surface area contributed by atoms with E-state index in [1.807, 2.05) is 24.0 Å². The zero-order chi connectivity index (χ0) is 12.0. The molecule has 0 aromatic carbocycles. The number of aliphatic hydroxyl groups excluding tert-OH is 1. The van der Waals surface area contributed by atoms with Crippen LogP contribution in [0.25, 0.3) is 0 Å². The summed E-state index contributed by atoms with van der Waals surface area (Å²) >= 11 is 0. The highest BCUT2D eigenvalue weighted by Crippen LogP contribution is 2.14. The van der Waals surface area contributed by atoms with Crippen molar-refractivity contribution in [2.45, 2.75) is 45.3 Å². The Morgan fingerprint density at radius 3 is 2.69 bits per heavy atom. The topological polar surface area (TPSA) is 50.1 Å². The van der Waals surface area contributed by atoms with Gasteiger partial charge in [-0.2, -0.15) is 5.10 Å². The first kappa shape index (κ1) is 13.2. The van der Waals surface area contributed by atoms with E-state index >= 15 is 0 Å². The van der Waals surface area contributed by atoms with E-state index in [9.17, 15) is 5.11 Å². The predicted octanol–water partition coefficient (Wildman–Crippen LogP) is 1.37. The molecule has 0 radical (unpaired) electrons. The maximum absolute atomic E-state index is 9.65. The van der Waals surface area contributed by atoms with Crippen LogP contribution in [0.4, 0.5) is 0 Å². The highest BCUT2D eigenvalue weighted by Gasteiger charge is 2.10. The van der Waals surface area contributed by atoms with Gasteiger partial charge in [0.15, 0.2) is 0 Å². The lowest BCUT2D eigenvalue weighted by atomic mass is 10.2. The van der Waals surface area contributed by atoms with Crippen molar-refractivity contribution in [1.82, 2.24) is 15.1 Å². The van der Waals surface area contributed by atoms with Crippen molar-refractivity contribution in [2.24, 2.45) is 0 Å². The first-order valence-corrected chi connectivity index (χ1v) is 6.07. The van der Waals surface area contributed by atoms with Crippen LogP contribution in [0.1, 0.15) is 38.4 Å². The average molecular weight is 225 g/mol. The molecule has 1 heterocycles. The molecule has 1 unspecified atom stereocenters. The lowest BCUT2D eigenvalue weighted by Gasteiger charge is -2.12. The molecular formula is C12H23N3O. The Balaban J connectivity index is 2.57. The molecule has 92 valence electrons. The van der Waals surface area contributed by atoms with Crippen LogP contribution < -0.4 is 5.32 Å². The van der Waals surface area contributed by atoms with Gasteiger partial charge in [-0.05, 0) is 26.0 Å². The molecule has 0 bridgehead atoms. The summed E-state index contributed by atoms with van der Waals surface area (Å²) < 4.78 is 2.02. The van der Waals surface area contributed by atoms with Crippen LogP contribution in [-0.4, -0.2) is 34.6 Å². The highest BCUT2D eigenvalue weighted by molar-refractivity contribution is 5.01. The second-order valence-electron chi connectivity index (χ2n) is 4.17. The van der Waals surface area contributed by atoms with E-state index in [0.717, 1.165) is 18.5 Å². The number of aromatic nitrogens is 2. The summed E-state index contributed by atoms with van der Waals surface area (Å²) in [4.78, 5) is 0. The van der Waals surface area contributed by atoms with Crippen LogP contribution in [0.2, 0.25) is 0 Å². The molecule has 0 fully saturated rings. The Morgan fingerprint density at radius 1 is 1.44 bits per heavy atom. The van der Waals surface area contributed by atoms with Crippen molar-refractivity contribution < 1.29 is 5.11 Å². The number of hydrogen-bond acceptors (Lipinski definition) is 3. The molecule has 4 heteroatoms. The number of likely N-dealkylation sites (N-methyl/N-ethyl adjacent to an activating group) is 1. The molecule has 1 aromatic heterocycles. The lowest BCUT2D eigenvalue weighted by Crippen LogP contribution is -2.25. The number of nitrogens with one attached hydrogen (secondary N) is 1. The van der Waals surface area contributed by atoms with Crippen molar-refractivity contribution in [3.63, 3.8) is 0 Å². The van der Waals surface area contributed by atoms with E-state index in [1.165, 1.54) is 0 Å². The monoisotopic (exact) mass is 225 g/mol. The summed E-state index contributed by atoms with van der Waals surface area (Å²) in [5, 5.41) is 17.1. The molecule has 16 heavy (non-hydrogen) atoms. The summed E-state index contributed by atoms with van der Waals surface area (Å²) in [6, 6.07) is 2.48. The molecule has 0 saturated heterocycles. The fourth-order valence-electron chi connectivity index (χ4n) is 1.90. The smallest absolute Gasteiger partial charge is 0.0720 e. The fraction of sp³-hybridized carbons (Fsp3) is 0.750. The van der Waals surface area contributed by atoms with Gasteiger partial charge in [0.1, 0.15) is 0 Å². The molecule has 0 saturated carbocycles. The van der Waals surface area contributed by atoms with Crippen LogP contribution in [-0.2, 0) is 6.42 Å². The Labute approximate surface area is 97.7 Å². The zero-order valence-electron chi connectivity index (χ0n) is 10.5. The van der Waals surface area contributed by atoms with E-state index < -0.39 is 0 Å². The number of nitrogens with zero attached hydrogens (tertiary/aromatic N) is 2. The second-order valence-corrected chi connectivity index (χ2v) is 4.17. The third-order valence-electron chi connectivity index (χ3n) is 2.86. The largest absolute Gasteiger partial charge is 0.391 e. The zero-order valence-corrected chi connectivity index (χ0v) is 10.5. The van der Waals surface area contributed by atoms with Crippen LogP contribution in [0.5, 0.6) is 0 Å². The average Bonchev–Trinajstić information content (AvgIpc) is 2.68. The van der Waals surface area contributed by atoms with Gasteiger partial charge in [0.05, 0.1) is 17.8 Å². The molecule has 2 N–H and O–H groups in total. The third kappa shape index (κ3) is 3.61. The van der Waals surface area contributed by atoms with Gasteiger partial charge in [0.2, 0.25) is 0 Å². The van der Waals surface area contributed by atoms with E-state index in [4.69, 9.17) is 0 Å². The molecule has 4 nitrogen and oxygen atoms in total. The van der Waals surface area contributed by atoms with E-state index in [0.29, 0.717) is 19.0 Å². The molecule has 1 aromatic rings. The summed E-state index contributed by atoms with van der Waals surface area (Å²) in [6.45, 7) is 4.95. The number of rotatable bonds is 7. The minimum atomic E-state index is -0.352. The van der Waals surface area contributed by atoms with Crippen LogP contribution in [0, 0.1) is 0 Å². The van der Waals surface area contributed by atoms with Crippen molar-refractivity contribution >= 4 is 0 Å². The van der Waals surface area contributed by atoms with Crippen LogP contribution in [0.15, 0.2) is 12.3 Å². The maximum atomic E-state index is 9.65. The van der Waals surface area contributed by atoms with Gasteiger partial charge in [-0.25, -0.2) is 0 Å². The first-order chi connectivity index (χ1) is 7.71. The molecular weight excluding hydrogens is 202 g/mol. The Kier molecular flexibility index (Phi) is 5.49. The van der Waals surface area contributed by atoms with Gasteiger partial charge in [-0.15, -0.1) is 0 Å². The minimum absolute atomic E-state index is 0.352.